The van der Waals surface area contributed by atoms with Crippen molar-refractivity contribution in [3.63, 3.8) is 0 Å². The van der Waals surface area contributed by atoms with E-state index in [0.29, 0.717) is 24.0 Å². The van der Waals surface area contributed by atoms with Gasteiger partial charge in [0, 0.05) is 36.6 Å². The Morgan fingerprint density at radius 2 is 1.85 bits per heavy atom. The SMILES string of the molecule is O=C(CCn1cnc2ccccc2c1=O)NCCc1c[nH]c2ccccc12. The number of nitrogens with zero attached hydrogens (tertiary/aromatic N) is 2. The van der Waals surface area contributed by atoms with Crippen LogP contribution in [-0.2, 0) is 17.8 Å². The second kappa shape index (κ2) is 7.45. The second-order valence-electron chi connectivity index (χ2n) is 6.47. The van der Waals surface area contributed by atoms with E-state index in [9.17, 15) is 9.59 Å². The zero-order chi connectivity index (χ0) is 18.6. The highest BCUT2D eigenvalue weighted by atomic mass is 16.1. The summed E-state index contributed by atoms with van der Waals surface area (Å²) >= 11 is 0. The summed E-state index contributed by atoms with van der Waals surface area (Å²) in [5.74, 6) is -0.0742. The number of hydrogen-bond acceptors (Lipinski definition) is 3. The molecular weight excluding hydrogens is 340 g/mol. The molecule has 27 heavy (non-hydrogen) atoms. The van der Waals surface area contributed by atoms with Gasteiger partial charge < -0.3 is 10.3 Å². The molecule has 1 amide bonds. The van der Waals surface area contributed by atoms with Crippen molar-refractivity contribution in [2.24, 2.45) is 0 Å². The monoisotopic (exact) mass is 360 g/mol. The molecule has 2 aromatic carbocycles. The molecule has 2 N–H and O–H groups in total. The van der Waals surface area contributed by atoms with Crippen LogP contribution in [0.3, 0.4) is 0 Å². The Hall–Kier alpha value is -3.41. The number of carbonyl (C=O) groups excluding carboxylic acids is 1. The predicted molar refractivity (Wildman–Crippen MR) is 106 cm³/mol. The Kier molecular flexibility index (Phi) is 4.70. The smallest absolute Gasteiger partial charge is 0.261 e. The highest BCUT2D eigenvalue weighted by Gasteiger charge is 2.07. The minimum Gasteiger partial charge on any atom is -0.361 e. The Balaban J connectivity index is 1.32. The van der Waals surface area contributed by atoms with Gasteiger partial charge in [0.2, 0.25) is 5.91 Å². The van der Waals surface area contributed by atoms with Crippen LogP contribution in [0.4, 0.5) is 0 Å². The summed E-state index contributed by atoms with van der Waals surface area (Å²) in [6.07, 6.45) is 4.49. The number of fused-ring (bicyclic) bond motifs is 2. The highest BCUT2D eigenvalue weighted by molar-refractivity contribution is 5.83. The number of hydrogen-bond donors (Lipinski definition) is 2. The van der Waals surface area contributed by atoms with E-state index in [1.807, 2.05) is 36.5 Å². The van der Waals surface area contributed by atoms with Gasteiger partial charge in [-0.2, -0.15) is 0 Å². The van der Waals surface area contributed by atoms with Crippen molar-refractivity contribution in [2.45, 2.75) is 19.4 Å². The molecule has 4 rings (SSSR count). The standard InChI is InChI=1S/C21H20N4O2/c26-20(22-11-9-15-13-23-18-7-3-1-5-16(15)18)10-12-25-14-24-19-8-4-2-6-17(19)21(25)27/h1-8,13-14,23H,9-12H2,(H,22,26). The minimum absolute atomic E-state index is 0.0742. The third-order valence-corrected chi connectivity index (χ3v) is 4.70. The zero-order valence-corrected chi connectivity index (χ0v) is 14.8. The fraction of sp³-hybridized carbons (Fsp3) is 0.190. The van der Waals surface area contributed by atoms with Crippen molar-refractivity contribution in [3.8, 4) is 0 Å². The summed E-state index contributed by atoms with van der Waals surface area (Å²) in [7, 11) is 0. The van der Waals surface area contributed by atoms with Crippen LogP contribution in [-0.4, -0.2) is 27.0 Å². The van der Waals surface area contributed by atoms with Gasteiger partial charge in [-0.1, -0.05) is 30.3 Å². The van der Waals surface area contributed by atoms with Crippen LogP contribution >= 0.6 is 0 Å². The van der Waals surface area contributed by atoms with Crippen LogP contribution in [0.15, 0.2) is 65.8 Å². The number of para-hydroxylation sites is 2. The van der Waals surface area contributed by atoms with Gasteiger partial charge >= 0.3 is 0 Å². The van der Waals surface area contributed by atoms with Crippen molar-refractivity contribution in [3.05, 3.63) is 77.0 Å². The van der Waals surface area contributed by atoms with Gasteiger partial charge in [0.05, 0.1) is 17.2 Å². The second-order valence-corrected chi connectivity index (χ2v) is 6.47. The van der Waals surface area contributed by atoms with E-state index in [1.54, 1.807) is 12.1 Å². The summed E-state index contributed by atoms with van der Waals surface area (Å²) < 4.78 is 1.49. The molecule has 0 saturated heterocycles. The average molecular weight is 360 g/mol. The number of rotatable bonds is 6. The molecule has 6 heteroatoms. The van der Waals surface area contributed by atoms with Gasteiger partial charge in [0.25, 0.3) is 5.56 Å². The van der Waals surface area contributed by atoms with E-state index in [4.69, 9.17) is 0 Å². The molecular formula is C21H20N4O2. The average Bonchev–Trinajstić information content (AvgIpc) is 3.11. The minimum atomic E-state index is -0.118. The third-order valence-electron chi connectivity index (χ3n) is 4.70. The van der Waals surface area contributed by atoms with E-state index in [2.05, 4.69) is 21.4 Å². The van der Waals surface area contributed by atoms with Gasteiger partial charge in [0.1, 0.15) is 0 Å². The zero-order valence-electron chi connectivity index (χ0n) is 14.8. The van der Waals surface area contributed by atoms with Gasteiger partial charge in [-0.15, -0.1) is 0 Å². The van der Waals surface area contributed by atoms with Gasteiger partial charge in [-0.3, -0.25) is 14.2 Å². The topological polar surface area (TPSA) is 79.8 Å². The van der Waals surface area contributed by atoms with E-state index < -0.39 is 0 Å². The van der Waals surface area contributed by atoms with Crippen LogP contribution in [0.25, 0.3) is 21.8 Å². The summed E-state index contributed by atoms with van der Waals surface area (Å²) in [5, 5.41) is 4.67. The normalized spacial score (nSPS) is 11.1. The number of amides is 1. The number of aryl methyl sites for hydroxylation is 1. The van der Waals surface area contributed by atoms with Gasteiger partial charge in [0.15, 0.2) is 0 Å². The Bertz CT molecular complexity index is 1160. The quantitative estimate of drug-likeness (QED) is 0.555. The maximum atomic E-state index is 12.4. The number of aromatic amines is 1. The molecule has 4 aromatic rings. The first-order chi connectivity index (χ1) is 13.2. The largest absolute Gasteiger partial charge is 0.361 e. The first kappa shape index (κ1) is 17.0. The van der Waals surface area contributed by atoms with Crippen molar-refractivity contribution >= 4 is 27.7 Å². The maximum Gasteiger partial charge on any atom is 0.261 e. The van der Waals surface area contributed by atoms with E-state index in [0.717, 1.165) is 11.9 Å². The first-order valence-corrected chi connectivity index (χ1v) is 8.98. The van der Waals surface area contributed by atoms with Crippen LogP contribution in [0, 0.1) is 0 Å². The number of H-pyrrole nitrogens is 1. The Morgan fingerprint density at radius 3 is 2.74 bits per heavy atom. The van der Waals surface area contributed by atoms with Crippen LogP contribution in [0.1, 0.15) is 12.0 Å². The predicted octanol–water partition coefficient (Wildman–Crippen LogP) is 2.63. The van der Waals surface area contributed by atoms with Gasteiger partial charge in [-0.25, -0.2) is 4.98 Å². The number of nitrogens with one attached hydrogen (secondary N) is 2. The number of benzene rings is 2. The lowest BCUT2D eigenvalue weighted by atomic mass is 10.1. The molecule has 0 radical (unpaired) electrons. The van der Waals surface area contributed by atoms with E-state index in [1.165, 1.54) is 21.8 Å². The maximum absolute atomic E-state index is 12.4. The van der Waals surface area contributed by atoms with Crippen molar-refractivity contribution in [1.82, 2.24) is 19.9 Å². The molecule has 0 bridgehead atoms. The molecule has 6 nitrogen and oxygen atoms in total. The molecule has 0 atom stereocenters. The van der Waals surface area contributed by atoms with Crippen molar-refractivity contribution in [2.75, 3.05) is 6.54 Å². The lowest BCUT2D eigenvalue weighted by molar-refractivity contribution is -0.121. The molecule has 0 aliphatic rings. The van der Waals surface area contributed by atoms with Crippen LogP contribution < -0.4 is 10.9 Å². The van der Waals surface area contributed by atoms with Crippen LogP contribution in [0.2, 0.25) is 0 Å². The summed E-state index contributed by atoms with van der Waals surface area (Å²) in [5.41, 5.74) is 2.83. The van der Waals surface area contributed by atoms with Crippen LogP contribution in [0.5, 0.6) is 0 Å². The molecule has 2 aromatic heterocycles. The van der Waals surface area contributed by atoms with E-state index in [-0.39, 0.29) is 17.9 Å². The Morgan fingerprint density at radius 1 is 1.07 bits per heavy atom. The third kappa shape index (κ3) is 3.60. The first-order valence-electron chi connectivity index (χ1n) is 8.98. The summed E-state index contributed by atoms with van der Waals surface area (Å²) in [4.78, 5) is 32.1. The number of carbonyl (C=O) groups is 1. The lowest BCUT2D eigenvalue weighted by Crippen LogP contribution is -2.29. The molecule has 136 valence electrons. The molecule has 0 aliphatic heterocycles. The Labute approximate surface area is 155 Å². The fourth-order valence-electron chi connectivity index (χ4n) is 3.25. The molecule has 0 aliphatic carbocycles. The molecule has 0 fully saturated rings. The van der Waals surface area contributed by atoms with Gasteiger partial charge in [-0.05, 0) is 30.2 Å². The summed E-state index contributed by atoms with van der Waals surface area (Å²) in [6, 6.07) is 15.3. The number of aromatic nitrogens is 3. The lowest BCUT2D eigenvalue weighted by Gasteiger charge is -2.07. The highest BCUT2D eigenvalue weighted by Crippen LogP contribution is 2.17. The van der Waals surface area contributed by atoms with Crippen molar-refractivity contribution < 1.29 is 4.79 Å². The molecule has 2 heterocycles. The molecule has 0 saturated carbocycles. The van der Waals surface area contributed by atoms with E-state index >= 15 is 0 Å². The fourth-order valence-corrected chi connectivity index (χ4v) is 3.25. The molecule has 0 unspecified atom stereocenters. The van der Waals surface area contributed by atoms with Crippen molar-refractivity contribution in [1.29, 1.82) is 0 Å². The summed E-state index contributed by atoms with van der Waals surface area (Å²) in [6.45, 7) is 0.876. The molecule has 0 spiro atoms.